The summed E-state index contributed by atoms with van der Waals surface area (Å²) in [4.78, 5) is 13.0. The molecule has 2 atom stereocenters. The largest absolute Gasteiger partial charge is 0.494 e. The van der Waals surface area contributed by atoms with Crippen LogP contribution in [0.25, 0.3) is 0 Å². The molecule has 0 spiro atoms. The molecule has 1 aromatic carbocycles. The summed E-state index contributed by atoms with van der Waals surface area (Å²) >= 11 is 5.29. The minimum atomic E-state index is -0.595. The van der Waals surface area contributed by atoms with E-state index in [1.165, 1.54) is 0 Å². The first-order chi connectivity index (χ1) is 10.0. The van der Waals surface area contributed by atoms with E-state index < -0.39 is 18.1 Å². The number of thiocarbonyl (C=S) groups is 1. The fraction of sp³-hybridized carbons (Fsp3) is 0.429. The molecule has 0 radical (unpaired) electrons. The topological polar surface area (TPSA) is 87.8 Å². The Balaban J connectivity index is 2.01. The van der Waals surface area contributed by atoms with Crippen LogP contribution >= 0.6 is 12.2 Å². The molecular formula is C14H19N3O3S. The third kappa shape index (κ3) is 3.83. The number of carbonyl (C=O) groups excluding carboxylic acids is 1. The van der Waals surface area contributed by atoms with E-state index in [0.717, 1.165) is 11.4 Å². The number of hydrogen-bond donors (Lipinski definition) is 3. The number of hydrogen-bond acceptors (Lipinski definition) is 4. The molecule has 1 saturated heterocycles. The van der Waals surface area contributed by atoms with Crippen LogP contribution in [0.1, 0.15) is 13.3 Å². The lowest BCUT2D eigenvalue weighted by Crippen LogP contribution is -2.45. The Morgan fingerprint density at radius 2 is 2.19 bits per heavy atom. The molecule has 1 aromatic rings. The molecule has 0 aliphatic carbocycles. The SMILES string of the molecule is CCOc1ccc(NC(=S)N2C[C@@H](O)C[C@@H]2C(N)=O)cc1. The highest BCUT2D eigenvalue weighted by Gasteiger charge is 2.36. The van der Waals surface area contributed by atoms with Gasteiger partial charge >= 0.3 is 0 Å². The molecule has 1 aliphatic heterocycles. The second-order valence-corrected chi connectivity index (χ2v) is 5.23. The van der Waals surface area contributed by atoms with Gasteiger partial charge in [-0.1, -0.05) is 0 Å². The number of nitrogens with one attached hydrogen (secondary N) is 1. The maximum absolute atomic E-state index is 11.4. The Labute approximate surface area is 128 Å². The number of aliphatic hydroxyl groups excluding tert-OH is 1. The highest BCUT2D eigenvalue weighted by Crippen LogP contribution is 2.21. The lowest BCUT2D eigenvalue weighted by molar-refractivity contribution is -0.121. The molecule has 0 bridgehead atoms. The van der Waals surface area contributed by atoms with Gasteiger partial charge in [-0.3, -0.25) is 4.79 Å². The van der Waals surface area contributed by atoms with Crippen LogP contribution in [0.15, 0.2) is 24.3 Å². The average molecular weight is 309 g/mol. The second-order valence-electron chi connectivity index (χ2n) is 4.85. The van der Waals surface area contributed by atoms with E-state index in [2.05, 4.69) is 5.32 Å². The highest BCUT2D eigenvalue weighted by atomic mass is 32.1. The molecule has 0 unspecified atom stereocenters. The number of amides is 1. The minimum Gasteiger partial charge on any atom is -0.494 e. The van der Waals surface area contributed by atoms with Crippen molar-refractivity contribution in [2.45, 2.75) is 25.5 Å². The first-order valence-electron chi connectivity index (χ1n) is 6.79. The number of nitrogens with zero attached hydrogens (tertiary/aromatic N) is 1. The highest BCUT2D eigenvalue weighted by molar-refractivity contribution is 7.80. The maximum atomic E-state index is 11.4. The van der Waals surface area contributed by atoms with Crippen molar-refractivity contribution in [2.75, 3.05) is 18.5 Å². The van der Waals surface area contributed by atoms with Crippen LogP contribution in [0, 0.1) is 0 Å². The molecular weight excluding hydrogens is 290 g/mol. The molecule has 2 rings (SSSR count). The number of anilines is 1. The van der Waals surface area contributed by atoms with Crippen molar-refractivity contribution in [1.82, 2.24) is 4.90 Å². The summed E-state index contributed by atoms with van der Waals surface area (Å²) in [5.74, 6) is 0.294. The van der Waals surface area contributed by atoms with Gasteiger partial charge in [0.2, 0.25) is 5.91 Å². The van der Waals surface area contributed by atoms with Crippen LogP contribution in [0.2, 0.25) is 0 Å². The Morgan fingerprint density at radius 1 is 1.52 bits per heavy atom. The number of ether oxygens (including phenoxy) is 1. The second kappa shape index (κ2) is 6.73. The summed E-state index contributed by atoms with van der Waals surface area (Å²) in [5, 5.41) is 13.1. The van der Waals surface area contributed by atoms with Crippen molar-refractivity contribution in [3.8, 4) is 5.75 Å². The molecule has 1 aliphatic rings. The van der Waals surface area contributed by atoms with Crippen LogP contribution in [0.3, 0.4) is 0 Å². The first kappa shape index (κ1) is 15.5. The molecule has 21 heavy (non-hydrogen) atoms. The predicted molar refractivity (Wildman–Crippen MR) is 84.1 cm³/mol. The quantitative estimate of drug-likeness (QED) is 0.710. The number of aliphatic hydroxyl groups is 1. The van der Waals surface area contributed by atoms with Gasteiger partial charge in [-0.25, -0.2) is 0 Å². The Kier molecular flexibility index (Phi) is 4.98. The predicted octanol–water partition coefficient (Wildman–Crippen LogP) is 0.703. The van der Waals surface area contributed by atoms with Crippen molar-refractivity contribution in [2.24, 2.45) is 5.73 Å². The van der Waals surface area contributed by atoms with Gasteiger partial charge in [0, 0.05) is 18.7 Å². The lowest BCUT2D eigenvalue weighted by atomic mass is 10.2. The van der Waals surface area contributed by atoms with Gasteiger partial charge in [0.1, 0.15) is 11.8 Å². The average Bonchev–Trinajstić information content (AvgIpc) is 2.84. The lowest BCUT2D eigenvalue weighted by Gasteiger charge is -2.25. The number of carbonyl (C=O) groups is 1. The Bertz CT molecular complexity index is 521. The Hall–Kier alpha value is -1.86. The zero-order chi connectivity index (χ0) is 15.4. The summed E-state index contributed by atoms with van der Waals surface area (Å²) in [5.41, 5.74) is 6.12. The summed E-state index contributed by atoms with van der Waals surface area (Å²) < 4.78 is 5.36. The zero-order valence-electron chi connectivity index (χ0n) is 11.8. The number of benzene rings is 1. The molecule has 6 nitrogen and oxygen atoms in total. The summed E-state index contributed by atoms with van der Waals surface area (Å²) in [6.45, 7) is 2.83. The molecule has 0 aromatic heterocycles. The van der Waals surface area contributed by atoms with E-state index in [1.807, 2.05) is 31.2 Å². The molecule has 1 heterocycles. The van der Waals surface area contributed by atoms with Crippen LogP contribution < -0.4 is 15.8 Å². The van der Waals surface area contributed by atoms with E-state index in [0.29, 0.717) is 24.7 Å². The Morgan fingerprint density at radius 3 is 2.76 bits per heavy atom. The van der Waals surface area contributed by atoms with E-state index >= 15 is 0 Å². The van der Waals surface area contributed by atoms with Gasteiger partial charge < -0.3 is 25.8 Å². The molecule has 114 valence electrons. The maximum Gasteiger partial charge on any atom is 0.240 e. The smallest absolute Gasteiger partial charge is 0.240 e. The number of rotatable bonds is 4. The molecule has 4 N–H and O–H groups in total. The van der Waals surface area contributed by atoms with Crippen LogP contribution in [0.4, 0.5) is 5.69 Å². The molecule has 1 amide bonds. The van der Waals surface area contributed by atoms with Gasteiger partial charge in [-0.05, 0) is 43.4 Å². The zero-order valence-corrected chi connectivity index (χ0v) is 12.6. The number of primary amides is 1. The normalized spacial score (nSPS) is 21.1. The van der Waals surface area contributed by atoms with Crippen molar-refractivity contribution >= 4 is 28.9 Å². The van der Waals surface area contributed by atoms with E-state index in [-0.39, 0.29) is 0 Å². The van der Waals surface area contributed by atoms with Crippen molar-refractivity contribution in [3.05, 3.63) is 24.3 Å². The first-order valence-corrected chi connectivity index (χ1v) is 7.20. The molecule has 1 fully saturated rings. The van der Waals surface area contributed by atoms with Gasteiger partial charge in [0.25, 0.3) is 0 Å². The van der Waals surface area contributed by atoms with Crippen molar-refractivity contribution < 1.29 is 14.6 Å². The number of nitrogens with two attached hydrogens (primary N) is 1. The van der Waals surface area contributed by atoms with Crippen LogP contribution in [-0.2, 0) is 4.79 Å². The van der Waals surface area contributed by atoms with Gasteiger partial charge in [-0.15, -0.1) is 0 Å². The minimum absolute atomic E-state index is 0.302. The monoisotopic (exact) mass is 309 g/mol. The van der Waals surface area contributed by atoms with Gasteiger partial charge in [-0.2, -0.15) is 0 Å². The summed E-state index contributed by atoms with van der Waals surface area (Å²) in [7, 11) is 0. The fourth-order valence-corrected chi connectivity index (χ4v) is 2.62. The van der Waals surface area contributed by atoms with E-state index in [1.54, 1.807) is 4.90 Å². The third-order valence-electron chi connectivity index (χ3n) is 3.28. The summed E-state index contributed by atoms with van der Waals surface area (Å²) in [6.07, 6.45) is -0.289. The number of β-amino-alcohol motifs (C(OH)–C–C–N with tert-alkyl or cyclic N) is 1. The van der Waals surface area contributed by atoms with Crippen LogP contribution in [-0.4, -0.2) is 46.3 Å². The van der Waals surface area contributed by atoms with Crippen molar-refractivity contribution in [3.63, 3.8) is 0 Å². The fourth-order valence-electron chi connectivity index (χ4n) is 2.30. The molecule has 0 saturated carbocycles. The third-order valence-corrected chi connectivity index (χ3v) is 3.62. The van der Waals surface area contributed by atoms with E-state index in [4.69, 9.17) is 22.7 Å². The van der Waals surface area contributed by atoms with Gasteiger partial charge in [0.15, 0.2) is 5.11 Å². The van der Waals surface area contributed by atoms with E-state index in [9.17, 15) is 9.90 Å². The molecule has 7 heteroatoms. The van der Waals surface area contributed by atoms with Crippen molar-refractivity contribution in [1.29, 1.82) is 0 Å². The standard InChI is InChI=1S/C14H19N3O3S/c1-2-20-11-5-3-9(4-6-11)16-14(21)17-8-10(18)7-12(17)13(15)19/h3-6,10,12,18H,2,7-8H2,1H3,(H2,15,19)(H,16,21)/t10-,12+/m0/s1. The summed E-state index contributed by atoms with van der Waals surface area (Å²) in [6, 6.07) is 6.77. The number of likely N-dealkylation sites (tertiary alicyclic amines) is 1. The van der Waals surface area contributed by atoms with Gasteiger partial charge in [0.05, 0.1) is 12.7 Å². The van der Waals surface area contributed by atoms with Crippen LogP contribution in [0.5, 0.6) is 5.75 Å².